The van der Waals surface area contributed by atoms with Crippen molar-refractivity contribution < 1.29 is 4.79 Å². The first-order valence-electron chi connectivity index (χ1n) is 8.72. The highest BCUT2D eigenvalue weighted by atomic mass is 35.5. The van der Waals surface area contributed by atoms with Crippen molar-refractivity contribution in [3.05, 3.63) is 81.6 Å². The number of nitrogens with zero attached hydrogens (tertiary/aromatic N) is 2. The van der Waals surface area contributed by atoms with Crippen LogP contribution in [0.2, 0.25) is 5.02 Å². The van der Waals surface area contributed by atoms with E-state index in [1.54, 1.807) is 24.3 Å². The van der Waals surface area contributed by atoms with Crippen molar-refractivity contribution >= 4 is 23.2 Å². The molecular weight excluding hydrogens is 362 g/mol. The van der Waals surface area contributed by atoms with Gasteiger partial charge in [-0.15, -0.1) is 0 Å². The van der Waals surface area contributed by atoms with E-state index in [9.17, 15) is 9.59 Å². The van der Waals surface area contributed by atoms with E-state index in [-0.39, 0.29) is 17.9 Å². The lowest BCUT2D eigenvalue weighted by atomic mass is 10.1. The molecule has 6 heteroatoms. The molecule has 0 radical (unpaired) electrons. The molecule has 0 aliphatic heterocycles. The van der Waals surface area contributed by atoms with Gasteiger partial charge in [0.25, 0.3) is 5.56 Å². The third kappa shape index (κ3) is 5.05. The Bertz CT molecular complexity index is 997. The van der Waals surface area contributed by atoms with Gasteiger partial charge in [0.15, 0.2) is 0 Å². The van der Waals surface area contributed by atoms with E-state index in [4.69, 9.17) is 11.6 Å². The molecule has 0 atom stereocenters. The molecule has 1 amide bonds. The van der Waals surface area contributed by atoms with Gasteiger partial charge in [-0.05, 0) is 31.5 Å². The van der Waals surface area contributed by atoms with Crippen molar-refractivity contribution in [1.29, 1.82) is 0 Å². The highest BCUT2D eigenvalue weighted by Crippen LogP contribution is 2.20. The first-order chi connectivity index (χ1) is 13.0. The number of hydrogen-bond donors (Lipinski definition) is 1. The third-order valence-corrected chi connectivity index (χ3v) is 4.47. The van der Waals surface area contributed by atoms with Crippen molar-refractivity contribution in [2.75, 3.05) is 5.32 Å². The van der Waals surface area contributed by atoms with E-state index >= 15 is 0 Å². The van der Waals surface area contributed by atoms with Crippen LogP contribution in [0.15, 0.2) is 65.5 Å². The Kier molecular flexibility index (Phi) is 6.04. The minimum atomic E-state index is -0.183. The van der Waals surface area contributed by atoms with Crippen molar-refractivity contribution in [1.82, 2.24) is 9.78 Å². The number of halogens is 1. The Morgan fingerprint density at radius 3 is 2.56 bits per heavy atom. The predicted octanol–water partition coefficient (Wildman–Crippen LogP) is 4.29. The smallest absolute Gasteiger partial charge is 0.266 e. The Hall–Kier alpha value is -2.92. The number of amides is 1. The minimum absolute atomic E-state index is 0.147. The monoisotopic (exact) mass is 381 g/mol. The zero-order valence-corrected chi connectivity index (χ0v) is 15.7. The van der Waals surface area contributed by atoms with E-state index in [2.05, 4.69) is 10.4 Å². The van der Waals surface area contributed by atoms with Gasteiger partial charge in [-0.1, -0.05) is 53.6 Å². The molecular formula is C21H20ClN3O2. The van der Waals surface area contributed by atoms with Gasteiger partial charge in [0, 0.05) is 24.6 Å². The molecule has 0 unspecified atom stereocenters. The van der Waals surface area contributed by atoms with Crippen LogP contribution in [-0.4, -0.2) is 15.7 Å². The fraction of sp³-hybridized carbons (Fsp3) is 0.190. The van der Waals surface area contributed by atoms with Crippen LogP contribution in [0.4, 0.5) is 5.69 Å². The Morgan fingerprint density at radius 2 is 1.81 bits per heavy atom. The van der Waals surface area contributed by atoms with Crippen LogP contribution >= 0.6 is 11.6 Å². The fourth-order valence-corrected chi connectivity index (χ4v) is 2.84. The van der Waals surface area contributed by atoms with Crippen LogP contribution in [0.5, 0.6) is 0 Å². The summed E-state index contributed by atoms with van der Waals surface area (Å²) in [7, 11) is 0. The second-order valence-electron chi connectivity index (χ2n) is 6.28. The molecule has 5 nitrogen and oxygen atoms in total. The van der Waals surface area contributed by atoms with Crippen molar-refractivity contribution in [2.24, 2.45) is 0 Å². The summed E-state index contributed by atoms with van der Waals surface area (Å²) in [5, 5.41) is 7.69. The SMILES string of the molecule is Cc1ccc(-c2ccc(=O)n(CCCC(=O)Nc3ccccc3Cl)n2)cc1. The average Bonchev–Trinajstić information content (AvgIpc) is 2.66. The summed E-state index contributed by atoms with van der Waals surface area (Å²) in [6, 6.07) is 18.3. The Morgan fingerprint density at radius 1 is 1.07 bits per heavy atom. The van der Waals surface area contributed by atoms with Crippen molar-refractivity contribution in [2.45, 2.75) is 26.3 Å². The van der Waals surface area contributed by atoms with Crippen LogP contribution < -0.4 is 10.9 Å². The molecule has 0 bridgehead atoms. The van der Waals surface area contributed by atoms with Crippen molar-refractivity contribution in [3.8, 4) is 11.3 Å². The number of aromatic nitrogens is 2. The third-order valence-electron chi connectivity index (χ3n) is 4.14. The lowest BCUT2D eigenvalue weighted by molar-refractivity contribution is -0.116. The topological polar surface area (TPSA) is 64.0 Å². The minimum Gasteiger partial charge on any atom is -0.325 e. The van der Waals surface area contributed by atoms with Crippen LogP contribution in [0.25, 0.3) is 11.3 Å². The zero-order chi connectivity index (χ0) is 19.2. The number of anilines is 1. The second kappa shape index (κ2) is 8.64. The molecule has 0 spiro atoms. The summed E-state index contributed by atoms with van der Waals surface area (Å²) >= 11 is 6.03. The van der Waals surface area contributed by atoms with E-state index in [0.717, 1.165) is 16.8 Å². The van der Waals surface area contributed by atoms with Crippen molar-refractivity contribution in [3.63, 3.8) is 0 Å². The standard InChI is InChI=1S/C21H20ClN3O2/c1-15-8-10-16(11-9-15)18-12-13-21(27)25(24-18)14-4-7-20(26)23-19-6-3-2-5-17(19)22/h2-3,5-6,8-13H,4,7,14H2,1H3,(H,23,26). The van der Waals surface area contributed by atoms with Gasteiger partial charge in [-0.3, -0.25) is 9.59 Å². The van der Waals surface area contributed by atoms with Crippen LogP contribution in [0.1, 0.15) is 18.4 Å². The van der Waals surface area contributed by atoms with Gasteiger partial charge in [0.05, 0.1) is 16.4 Å². The van der Waals surface area contributed by atoms with E-state index in [1.807, 2.05) is 37.3 Å². The molecule has 2 aromatic carbocycles. The number of carbonyl (C=O) groups is 1. The first-order valence-corrected chi connectivity index (χ1v) is 9.10. The zero-order valence-electron chi connectivity index (χ0n) is 15.0. The predicted molar refractivity (Wildman–Crippen MR) is 108 cm³/mol. The molecule has 138 valence electrons. The summed E-state index contributed by atoms with van der Waals surface area (Å²) < 4.78 is 1.40. The molecule has 3 aromatic rings. The normalized spacial score (nSPS) is 10.6. The summed E-state index contributed by atoms with van der Waals surface area (Å²) in [6.45, 7) is 2.39. The maximum atomic E-state index is 12.1. The van der Waals surface area contributed by atoms with Crippen LogP contribution in [0.3, 0.4) is 0 Å². The highest BCUT2D eigenvalue weighted by Gasteiger charge is 2.07. The van der Waals surface area contributed by atoms with E-state index in [0.29, 0.717) is 23.7 Å². The number of aryl methyl sites for hydroxylation is 2. The first kappa shape index (κ1) is 18.9. The molecule has 27 heavy (non-hydrogen) atoms. The van der Waals surface area contributed by atoms with Gasteiger partial charge < -0.3 is 5.32 Å². The molecule has 1 aromatic heterocycles. The Balaban J connectivity index is 1.61. The molecule has 0 aliphatic rings. The number of hydrogen-bond acceptors (Lipinski definition) is 3. The maximum absolute atomic E-state index is 12.1. The summed E-state index contributed by atoms with van der Waals surface area (Å²) in [5.41, 5.74) is 3.25. The van der Waals surface area contributed by atoms with Gasteiger partial charge in [-0.25, -0.2) is 4.68 Å². The van der Waals surface area contributed by atoms with Gasteiger partial charge in [0.1, 0.15) is 0 Å². The van der Waals surface area contributed by atoms with Gasteiger partial charge >= 0.3 is 0 Å². The van der Waals surface area contributed by atoms with Gasteiger partial charge in [0.2, 0.25) is 5.91 Å². The highest BCUT2D eigenvalue weighted by molar-refractivity contribution is 6.33. The van der Waals surface area contributed by atoms with Crippen LogP contribution in [-0.2, 0) is 11.3 Å². The largest absolute Gasteiger partial charge is 0.325 e. The molecule has 1 heterocycles. The fourth-order valence-electron chi connectivity index (χ4n) is 2.65. The molecule has 1 N–H and O–H groups in total. The average molecular weight is 382 g/mol. The summed E-state index contributed by atoms with van der Waals surface area (Å²) in [4.78, 5) is 24.1. The summed E-state index contributed by atoms with van der Waals surface area (Å²) in [6.07, 6.45) is 0.772. The lowest BCUT2D eigenvalue weighted by Gasteiger charge is -2.09. The molecule has 3 rings (SSSR count). The number of rotatable bonds is 6. The second-order valence-corrected chi connectivity index (χ2v) is 6.68. The Labute approximate surface area is 162 Å². The molecule has 0 saturated heterocycles. The number of benzene rings is 2. The molecule has 0 fully saturated rings. The maximum Gasteiger partial charge on any atom is 0.266 e. The lowest BCUT2D eigenvalue weighted by Crippen LogP contribution is -2.23. The number of nitrogens with one attached hydrogen (secondary N) is 1. The summed E-state index contributed by atoms with van der Waals surface area (Å²) in [5.74, 6) is -0.147. The quantitative estimate of drug-likeness (QED) is 0.692. The molecule has 0 saturated carbocycles. The number of para-hydroxylation sites is 1. The van der Waals surface area contributed by atoms with Gasteiger partial charge in [-0.2, -0.15) is 5.10 Å². The van der Waals surface area contributed by atoms with E-state index in [1.165, 1.54) is 10.7 Å². The van der Waals surface area contributed by atoms with E-state index < -0.39 is 0 Å². The van der Waals surface area contributed by atoms with Crippen LogP contribution in [0, 0.1) is 6.92 Å². The molecule has 0 aliphatic carbocycles. The number of carbonyl (C=O) groups excluding carboxylic acids is 1.